The molecule has 10 nitrogen and oxygen atoms in total. The van der Waals surface area contributed by atoms with E-state index in [0.717, 1.165) is 11.1 Å². The minimum atomic E-state index is -0.568. The van der Waals surface area contributed by atoms with Crippen LogP contribution in [0.25, 0.3) is 22.1 Å². The van der Waals surface area contributed by atoms with E-state index < -0.39 is 11.9 Å². The fourth-order valence-corrected chi connectivity index (χ4v) is 4.68. The number of rotatable bonds is 4. The van der Waals surface area contributed by atoms with E-state index in [4.69, 9.17) is 5.73 Å². The molecule has 192 valence electrons. The second-order valence-electron chi connectivity index (χ2n) is 9.03. The number of nitrogen functional groups attached to an aromatic ring is 1. The number of benzene rings is 2. The summed E-state index contributed by atoms with van der Waals surface area (Å²) < 4.78 is 3.07. The fraction of sp³-hybridized carbons (Fsp3) is 0.103. The maximum absolute atomic E-state index is 14.1. The van der Waals surface area contributed by atoms with Gasteiger partial charge in [0.15, 0.2) is 11.5 Å². The number of aromatic nitrogens is 4. The van der Waals surface area contributed by atoms with Gasteiger partial charge in [-0.15, -0.1) is 5.10 Å². The highest BCUT2D eigenvalue weighted by molar-refractivity contribution is 6.04. The van der Waals surface area contributed by atoms with Gasteiger partial charge in [-0.25, -0.2) is 14.9 Å². The van der Waals surface area contributed by atoms with Crippen LogP contribution in [-0.4, -0.2) is 31.6 Å². The van der Waals surface area contributed by atoms with E-state index in [1.54, 1.807) is 23.0 Å². The van der Waals surface area contributed by atoms with Crippen LogP contribution in [-0.2, 0) is 0 Å². The van der Waals surface area contributed by atoms with Crippen molar-refractivity contribution >= 4 is 28.1 Å². The van der Waals surface area contributed by atoms with E-state index in [2.05, 4.69) is 38.1 Å². The third-order valence-corrected chi connectivity index (χ3v) is 6.49. The smallest absolute Gasteiger partial charge is 0.264 e. The van der Waals surface area contributed by atoms with Gasteiger partial charge in [-0.05, 0) is 54.6 Å². The van der Waals surface area contributed by atoms with Crippen LogP contribution in [0, 0.1) is 11.8 Å². The van der Waals surface area contributed by atoms with Gasteiger partial charge >= 0.3 is 0 Å². The van der Waals surface area contributed by atoms with Crippen LogP contribution in [0.5, 0.6) is 0 Å². The van der Waals surface area contributed by atoms with Gasteiger partial charge < -0.3 is 16.5 Å². The number of fused-ring (bicyclic) bond motifs is 2. The number of anilines is 1. The van der Waals surface area contributed by atoms with E-state index in [1.807, 2.05) is 67.6 Å². The predicted molar refractivity (Wildman–Crippen MR) is 149 cm³/mol. The molecule has 1 aliphatic heterocycles. The lowest BCUT2D eigenvalue weighted by Gasteiger charge is -2.21. The third-order valence-electron chi connectivity index (χ3n) is 6.49. The first-order valence-corrected chi connectivity index (χ1v) is 12.4. The molecule has 5 aromatic rings. The van der Waals surface area contributed by atoms with Crippen LogP contribution >= 0.6 is 0 Å². The molecule has 0 spiro atoms. The zero-order chi connectivity index (χ0) is 26.9. The Morgan fingerprint density at radius 2 is 1.97 bits per heavy atom. The van der Waals surface area contributed by atoms with Gasteiger partial charge in [-0.2, -0.15) is 0 Å². The van der Waals surface area contributed by atoms with Crippen molar-refractivity contribution in [3.05, 3.63) is 112 Å². The second-order valence-corrected chi connectivity index (χ2v) is 9.03. The Morgan fingerprint density at radius 3 is 2.77 bits per heavy atom. The molecule has 1 unspecified atom stereocenters. The van der Waals surface area contributed by atoms with E-state index in [0.29, 0.717) is 34.5 Å². The van der Waals surface area contributed by atoms with Crippen LogP contribution in [0.1, 0.15) is 34.6 Å². The highest BCUT2D eigenvalue weighted by atomic mass is 16.2. The topological polar surface area (TPSA) is 131 Å². The Bertz CT molecular complexity index is 1890. The van der Waals surface area contributed by atoms with Crippen LogP contribution in [0.15, 0.2) is 89.6 Å². The predicted octanol–water partition coefficient (Wildman–Crippen LogP) is 2.45. The first-order chi connectivity index (χ1) is 19.0. The molecule has 3 aromatic heterocycles. The quantitative estimate of drug-likeness (QED) is 0.270. The molecule has 6 rings (SSSR count). The summed E-state index contributed by atoms with van der Waals surface area (Å²) in [6.07, 6.45) is 5.18. The van der Waals surface area contributed by atoms with E-state index >= 15 is 0 Å². The summed E-state index contributed by atoms with van der Waals surface area (Å²) in [5, 5.41) is 8.39. The average molecular weight is 517 g/mol. The van der Waals surface area contributed by atoms with Crippen LogP contribution in [0.2, 0.25) is 0 Å². The Hall–Kier alpha value is -5.40. The van der Waals surface area contributed by atoms with Gasteiger partial charge in [0.25, 0.3) is 11.5 Å². The molecule has 0 fully saturated rings. The SMILES string of the molecule is CC(NC(=O)c1c(N)nn2cccnc12)c1cc2cccc(C#CC3=CCNN3)c2c(=O)n1-c1ccccc1. The Kier molecular flexibility index (Phi) is 6.03. The molecule has 0 saturated heterocycles. The molecule has 0 aliphatic carbocycles. The monoisotopic (exact) mass is 516 g/mol. The standard InChI is InChI=1S/C29H24N8O2/c1-18(33-28(38)25-26(30)35-36-16-6-14-31-27(25)36)23-17-20-8-5-7-19(11-12-21-13-15-32-34-21)24(20)29(39)37(23)22-9-3-2-4-10-22/h2-10,13-14,16-18,32,34H,15H2,1H3,(H2,30,35)(H,33,38). The lowest BCUT2D eigenvalue weighted by atomic mass is 10.0. The lowest BCUT2D eigenvalue weighted by Crippen LogP contribution is -2.32. The first-order valence-electron chi connectivity index (χ1n) is 12.4. The van der Waals surface area contributed by atoms with Gasteiger partial charge in [0.1, 0.15) is 5.56 Å². The fourth-order valence-electron chi connectivity index (χ4n) is 4.68. The molecule has 39 heavy (non-hydrogen) atoms. The summed E-state index contributed by atoms with van der Waals surface area (Å²) in [6, 6.07) is 17.9. The van der Waals surface area contributed by atoms with Crippen molar-refractivity contribution in [1.29, 1.82) is 0 Å². The first kappa shape index (κ1) is 24.0. The molecule has 4 heterocycles. The Morgan fingerprint density at radius 1 is 1.13 bits per heavy atom. The molecule has 1 amide bonds. The number of nitrogens with two attached hydrogens (primary N) is 1. The van der Waals surface area contributed by atoms with Crippen molar-refractivity contribution < 1.29 is 4.79 Å². The van der Waals surface area contributed by atoms with Crippen molar-refractivity contribution in [3.8, 4) is 17.5 Å². The maximum atomic E-state index is 14.1. The zero-order valence-corrected chi connectivity index (χ0v) is 21.0. The highest BCUT2D eigenvalue weighted by Crippen LogP contribution is 2.24. The zero-order valence-electron chi connectivity index (χ0n) is 21.0. The van der Waals surface area contributed by atoms with Gasteiger partial charge in [0, 0.05) is 35.9 Å². The Labute approximate surface area is 223 Å². The third kappa shape index (κ3) is 4.37. The molecule has 0 saturated carbocycles. The molecule has 2 aromatic carbocycles. The van der Waals surface area contributed by atoms with Crippen molar-refractivity contribution in [2.24, 2.45) is 0 Å². The number of carbonyl (C=O) groups excluding carboxylic acids is 1. The van der Waals surface area contributed by atoms with Gasteiger partial charge in [-0.1, -0.05) is 36.3 Å². The van der Waals surface area contributed by atoms with Crippen molar-refractivity contribution in [3.63, 3.8) is 0 Å². The molecular formula is C29H24N8O2. The number of hydrogen-bond acceptors (Lipinski definition) is 7. The number of carbonyl (C=O) groups is 1. The van der Waals surface area contributed by atoms with Crippen LogP contribution in [0.4, 0.5) is 5.82 Å². The second kappa shape index (κ2) is 9.81. The summed E-state index contributed by atoms with van der Waals surface area (Å²) in [4.78, 5) is 31.7. The molecule has 5 N–H and O–H groups in total. The normalized spacial score (nSPS) is 13.4. The van der Waals surface area contributed by atoms with Crippen molar-refractivity contribution in [2.75, 3.05) is 12.3 Å². The van der Waals surface area contributed by atoms with Crippen LogP contribution in [0.3, 0.4) is 0 Å². The van der Waals surface area contributed by atoms with E-state index in [9.17, 15) is 9.59 Å². The average Bonchev–Trinajstić information content (AvgIpc) is 3.59. The number of hydrazine groups is 1. The maximum Gasteiger partial charge on any atom is 0.264 e. The molecule has 1 aliphatic rings. The van der Waals surface area contributed by atoms with Gasteiger partial charge in [0.2, 0.25) is 0 Å². The summed E-state index contributed by atoms with van der Waals surface area (Å²) in [6.45, 7) is 2.51. The van der Waals surface area contributed by atoms with E-state index in [-0.39, 0.29) is 16.9 Å². The van der Waals surface area contributed by atoms with Gasteiger partial charge in [0.05, 0.1) is 17.1 Å². The molecule has 0 bridgehead atoms. The largest absolute Gasteiger partial charge is 0.381 e. The van der Waals surface area contributed by atoms with Crippen molar-refractivity contribution in [2.45, 2.75) is 13.0 Å². The number of allylic oxidation sites excluding steroid dienone is 1. The number of para-hydroxylation sites is 1. The summed E-state index contributed by atoms with van der Waals surface area (Å²) in [5.74, 6) is 5.85. The molecule has 0 radical (unpaired) electrons. The molecule has 1 atom stereocenters. The Balaban J connectivity index is 1.47. The van der Waals surface area contributed by atoms with Crippen LogP contribution < -0.4 is 27.5 Å². The van der Waals surface area contributed by atoms with E-state index in [1.165, 1.54) is 4.52 Å². The summed E-state index contributed by atoms with van der Waals surface area (Å²) in [5.41, 5.74) is 15.0. The minimum absolute atomic E-state index is 0.0719. The van der Waals surface area contributed by atoms with Gasteiger partial charge in [-0.3, -0.25) is 14.2 Å². The highest BCUT2D eigenvalue weighted by Gasteiger charge is 2.24. The number of pyridine rings is 1. The number of hydrogen-bond donors (Lipinski definition) is 4. The molecular weight excluding hydrogens is 492 g/mol. The minimum Gasteiger partial charge on any atom is -0.381 e. The number of amides is 1. The summed E-state index contributed by atoms with van der Waals surface area (Å²) >= 11 is 0. The summed E-state index contributed by atoms with van der Waals surface area (Å²) in [7, 11) is 0. The number of nitrogens with one attached hydrogen (secondary N) is 3. The lowest BCUT2D eigenvalue weighted by molar-refractivity contribution is 0.0941. The number of nitrogens with zero attached hydrogens (tertiary/aromatic N) is 4. The van der Waals surface area contributed by atoms with Crippen molar-refractivity contribution in [1.82, 2.24) is 35.3 Å². The molecule has 10 heteroatoms.